The number of fused-ring (bicyclic) bond motifs is 1. The van der Waals surface area contributed by atoms with Crippen LogP contribution in [0.4, 0.5) is 0 Å². The number of rotatable bonds is 18. The van der Waals surface area contributed by atoms with Crippen molar-refractivity contribution in [2.75, 3.05) is 37.8 Å². The van der Waals surface area contributed by atoms with Crippen molar-refractivity contribution in [1.82, 2.24) is 73.4 Å². The van der Waals surface area contributed by atoms with Crippen LogP contribution in [-0.4, -0.2) is 246 Å². The second-order valence-electron chi connectivity index (χ2n) is 22.8. The Hall–Kier alpha value is -9.22. The number of carbonyl (C=O) groups excluding carboxylic acids is 15. The monoisotopic (exact) mass is 1380 g/mol. The first-order valence-electron chi connectivity index (χ1n) is 29.8. The smallest absolute Gasteiger partial charge is 0.327 e. The van der Waals surface area contributed by atoms with Crippen molar-refractivity contribution < 1.29 is 102 Å². The maximum absolute atomic E-state index is 14.5. The molecule has 2 saturated heterocycles. The van der Waals surface area contributed by atoms with Gasteiger partial charge in [-0.2, -0.15) is 0 Å². The third-order valence-electron chi connectivity index (χ3n) is 14.3. The number of carboxylic acids is 2. The number of nitrogens with one attached hydrogen (secondary N) is 12. The molecule has 15 amide bonds. The standard InChI is InChI=1S/C54H84N18O21S2/c1-23(2)12-29-46(84)66-30(13-25-16-59-22-61-25)47(85)63-27(7-9-37(56)75)45(83)71-42(24(3)4)53(91)72-11-5-6-36(72)52(90)69-34(19-74)51(89)68-32(15-39(58)77)49(87)70-35(54(92)93)21-95-94-20-26(55)43(81)60-17-40(78)62-33(18-73)50(88)67-31(14-38(57)76)48(86)64-28(44(82)65-29)8-10-41(79)80/h16,22-24,26-36,42,73-74H,5-15,17-21,55H2,1-4H3,(H2,56,75)(H2,57,76)(H2,58,77)(H,59,61)(H,60,81)(H,62,78)(H,63,85)(H,64,86)(H,65,82)(H,66,84)(H,67,88)(H,68,89)(H,69,90)(H,70,87)(H,71,83)(H,79,80)(H,92,93)/t26-,27+,28-,29+,30-,31+,32+,33-,34-,35+,36+,42-/m0/s1. The number of carbonyl (C=O) groups is 17. The van der Waals surface area contributed by atoms with Crippen LogP contribution in [0.2, 0.25) is 0 Å². The van der Waals surface area contributed by atoms with Gasteiger partial charge in [0.15, 0.2) is 0 Å². The highest BCUT2D eigenvalue weighted by Crippen LogP contribution is 2.24. The highest BCUT2D eigenvalue weighted by atomic mass is 33.1. The predicted octanol–water partition coefficient (Wildman–Crippen LogP) is -9.72. The number of aliphatic carboxylic acids is 2. The summed E-state index contributed by atoms with van der Waals surface area (Å²) in [5.74, 6) is -21.9. The Kier molecular flexibility index (Phi) is 33.2. The molecule has 528 valence electrons. The molecule has 2 aliphatic heterocycles. The average molecular weight is 1390 g/mol. The number of hydrogen-bond donors (Lipinski definition) is 20. The molecule has 3 heterocycles. The van der Waals surface area contributed by atoms with Crippen LogP contribution in [0.1, 0.15) is 91.2 Å². The van der Waals surface area contributed by atoms with Crippen molar-refractivity contribution >= 4 is 122 Å². The quantitative estimate of drug-likeness (QED) is 0.0607. The van der Waals surface area contributed by atoms with E-state index >= 15 is 0 Å². The normalized spacial score (nSPS) is 26.4. The number of aromatic nitrogens is 2. The molecule has 2 aliphatic rings. The second kappa shape index (κ2) is 39.5. The number of aliphatic hydroxyl groups is 2. The van der Waals surface area contributed by atoms with Crippen molar-refractivity contribution in [1.29, 1.82) is 0 Å². The predicted molar refractivity (Wildman–Crippen MR) is 331 cm³/mol. The molecule has 12 atom stereocenters. The third-order valence-corrected chi connectivity index (χ3v) is 16.7. The fraction of sp³-hybridized carbons (Fsp3) is 0.630. The van der Waals surface area contributed by atoms with Crippen LogP contribution in [0.25, 0.3) is 0 Å². The van der Waals surface area contributed by atoms with E-state index < -0.39 is 249 Å². The molecule has 3 rings (SSSR count). The van der Waals surface area contributed by atoms with Gasteiger partial charge < -0.3 is 112 Å². The number of H-pyrrole nitrogens is 1. The number of nitrogens with zero attached hydrogens (tertiary/aromatic N) is 2. The van der Waals surface area contributed by atoms with E-state index in [-0.39, 0.29) is 43.7 Å². The molecule has 0 bridgehead atoms. The van der Waals surface area contributed by atoms with Crippen LogP contribution in [0.15, 0.2) is 12.5 Å². The largest absolute Gasteiger partial charge is 0.481 e. The molecule has 0 unspecified atom stereocenters. The Morgan fingerprint density at radius 3 is 1.57 bits per heavy atom. The molecular weight excluding hydrogens is 1300 g/mol. The maximum atomic E-state index is 14.5. The molecule has 0 radical (unpaired) electrons. The van der Waals surface area contributed by atoms with Gasteiger partial charge in [0, 0.05) is 49.2 Å². The van der Waals surface area contributed by atoms with Gasteiger partial charge in [-0.05, 0) is 43.9 Å². The van der Waals surface area contributed by atoms with E-state index in [0.717, 1.165) is 26.5 Å². The molecule has 0 spiro atoms. The van der Waals surface area contributed by atoms with E-state index in [1.165, 1.54) is 26.4 Å². The number of nitrogens with two attached hydrogens (primary N) is 4. The molecule has 1 aromatic heterocycles. The summed E-state index contributed by atoms with van der Waals surface area (Å²) in [4.78, 5) is 235. The Morgan fingerprint density at radius 1 is 0.579 bits per heavy atom. The van der Waals surface area contributed by atoms with E-state index in [1.54, 1.807) is 13.8 Å². The molecule has 41 heteroatoms. The van der Waals surface area contributed by atoms with E-state index in [1.807, 2.05) is 0 Å². The van der Waals surface area contributed by atoms with Crippen molar-refractivity contribution in [3.05, 3.63) is 18.2 Å². The zero-order chi connectivity index (χ0) is 71.4. The number of primary amides is 3. The molecule has 39 nitrogen and oxygen atoms in total. The highest BCUT2D eigenvalue weighted by Gasteiger charge is 2.42. The van der Waals surface area contributed by atoms with Crippen molar-refractivity contribution in [3.8, 4) is 0 Å². The van der Waals surface area contributed by atoms with E-state index in [4.69, 9.17) is 22.9 Å². The van der Waals surface area contributed by atoms with Gasteiger partial charge in [-0.15, -0.1) is 0 Å². The highest BCUT2D eigenvalue weighted by molar-refractivity contribution is 8.76. The minimum atomic E-state index is -1.99. The summed E-state index contributed by atoms with van der Waals surface area (Å²) in [5.41, 5.74) is 22.4. The zero-order valence-electron chi connectivity index (χ0n) is 52.3. The Balaban J connectivity index is 2.13. The fourth-order valence-corrected chi connectivity index (χ4v) is 11.6. The Morgan fingerprint density at radius 2 is 1.05 bits per heavy atom. The van der Waals surface area contributed by atoms with Gasteiger partial charge in [-0.25, -0.2) is 9.78 Å². The van der Waals surface area contributed by atoms with Crippen molar-refractivity contribution in [3.63, 3.8) is 0 Å². The summed E-state index contributed by atoms with van der Waals surface area (Å²) in [6.07, 6.45) is -2.32. The minimum Gasteiger partial charge on any atom is -0.481 e. The van der Waals surface area contributed by atoms with E-state index in [0.29, 0.717) is 0 Å². The van der Waals surface area contributed by atoms with Gasteiger partial charge in [0.05, 0.1) is 45.0 Å². The minimum absolute atomic E-state index is 0.0238. The molecular formula is C54H84N18O21S2. The van der Waals surface area contributed by atoms with Gasteiger partial charge in [0.1, 0.15) is 66.5 Å². The van der Waals surface area contributed by atoms with Crippen LogP contribution in [0, 0.1) is 11.8 Å². The molecule has 2 fully saturated rings. The maximum Gasteiger partial charge on any atom is 0.327 e. The number of aromatic amines is 1. The lowest BCUT2D eigenvalue weighted by molar-refractivity contribution is -0.144. The first-order chi connectivity index (χ1) is 44.6. The lowest BCUT2D eigenvalue weighted by atomic mass is 10.00. The molecule has 0 aromatic carbocycles. The number of imidazole rings is 1. The first kappa shape index (κ1) is 80.0. The average Bonchev–Trinajstić information content (AvgIpc) is 1.77. The van der Waals surface area contributed by atoms with Crippen molar-refractivity contribution in [2.24, 2.45) is 34.8 Å². The summed E-state index contributed by atoms with van der Waals surface area (Å²) in [5, 5.41) is 65.2. The summed E-state index contributed by atoms with van der Waals surface area (Å²) in [6.45, 7) is 3.06. The lowest BCUT2D eigenvalue weighted by Crippen LogP contribution is -2.62. The topological polar surface area (TPSA) is 639 Å². The zero-order valence-corrected chi connectivity index (χ0v) is 53.9. The Labute approximate surface area is 550 Å². The van der Waals surface area contributed by atoms with Crippen LogP contribution >= 0.6 is 21.6 Å². The first-order valence-corrected chi connectivity index (χ1v) is 32.2. The second-order valence-corrected chi connectivity index (χ2v) is 25.4. The molecule has 24 N–H and O–H groups in total. The summed E-state index contributed by atoms with van der Waals surface area (Å²) >= 11 is 0. The van der Waals surface area contributed by atoms with Gasteiger partial charge >= 0.3 is 11.9 Å². The van der Waals surface area contributed by atoms with Gasteiger partial charge in [0.25, 0.3) is 0 Å². The molecule has 0 aliphatic carbocycles. The van der Waals surface area contributed by atoms with Crippen LogP contribution in [0.3, 0.4) is 0 Å². The van der Waals surface area contributed by atoms with Gasteiger partial charge in [-0.3, -0.25) is 76.7 Å². The number of carboxylic acid groups (broad SMARTS) is 2. The van der Waals surface area contributed by atoms with Crippen LogP contribution in [0.5, 0.6) is 0 Å². The lowest BCUT2D eigenvalue weighted by Gasteiger charge is -2.32. The molecule has 95 heavy (non-hydrogen) atoms. The molecule has 1 aromatic rings. The van der Waals surface area contributed by atoms with E-state index in [9.17, 15) is 102 Å². The number of aliphatic hydroxyl groups excluding tert-OH is 2. The third kappa shape index (κ3) is 27.3. The van der Waals surface area contributed by atoms with Crippen LogP contribution < -0.4 is 81.4 Å². The summed E-state index contributed by atoms with van der Waals surface area (Å²) in [7, 11) is 1.60. The van der Waals surface area contributed by atoms with Gasteiger partial charge in [0.2, 0.25) is 88.6 Å². The number of amides is 15. The summed E-state index contributed by atoms with van der Waals surface area (Å²) < 4.78 is 0. The molecule has 0 saturated carbocycles. The van der Waals surface area contributed by atoms with Gasteiger partial charge in [-0.1, -0.05) is 49.3 Å². The Bertz CT molecular complexity index is 2960. The number of hydrogen-bond acceptors (Lipinski definition) is 23. The fourth-order valence-electron chi connectivity index (χ4n) is 9.28. The summed E-state index contributed by atoms with van der Waals surface area (Å²) in [6, 6.07) is -20.5. The van der Waals surface area contributed by atoms with E-state index in [2.05, 4.69) is 68.5 Å². The van der Waals surface area contributed by atoms with Crippen LogP contribution in [-0.2, 0) is 87.9 Å². The SMILES string of the molecule is CC(C)C[C@H]1NC(=O)[C@H](CCC(=O)O)NC(=O)[C@@H](CC(N)=O)NC(=O)[C@H](CO)NC(=O)CNC(=O)[C@@H](N)CSSC[C@H](C(=O)O)NC(=O)[C@@H](CC(N)=O)NC(=O)[C@H](CO)NC(=O)[C@H]2CCCN2C(=O)[C@H](C(C)C)NC(=O)[C@@H](CCC(N)=O)NC(=O)[C@H](Cc2cnc[nH]2)NC1=O. The van der Waals surface area contributed by atoms with Crippen molar-refractivity contribution in [2.45, 2.75) is 164 Å².